The molecular weight excluding hydrogens is 375 g/mol. The Labute approximate surface area is 166 Å². The maximum Gasteiger partial charge on any atom is 0.347 e. The molecule has 0 saturated carbocycles. The molecule has 29 heavy (non-hydrogen) atoms. The molecule has 0 spiro atoms. The van der Waals surface area contributed by atoms with Crippen LogP contribution in [-0.2, 0) is 23.3 Å². The average molecular weight is 396 g/mol. The predicted molar refractivity (Wildman–Crippen MR) is 103 cm³/mol. The van der Waals surface area contributed by atoms with Crippen molar-refractivity contribution in [3.8, 4) is 0 Å². The highest BCUT2D eigenvalue weighted by Crippen LogP contribution is 2.38. The second-order valence-corrected chi connectivity index (χ2v) is 7.39. The van der Waals surface area contributed by atoms with Gasteiger partial charge in [-0.1, -0.05) is 12.1 Å². The van der Waals surface area contributed by atoms with Crippen molar-refractivity contribution in [1.29, 1.82) is 0 Å². The number of amides is 1. The third kappa shape index (κ3) is 3.83. The minimum atomic E-state index is -0.691. The van der Waals surface area contributed by atoms with Crippen LogP contribution in [-0.4, -0.2) is 31.9 Å². The van der Waals surface area contributed by atoms with Crippen LogP contribution in [0.1, 0.15) is 37.0 Å². The first-order valence-corrected chi connectivity index (χ1v) is 9.47. The third-order valence-electron chi connectivity index (χ3n) is 5.31. The summed E-state index contributed by atoms with van der Waals surface area (Å²) in [6.45, 7) is 2.40. The number of benzene rings is 1. The van der Waals surface area contributed by atoms with Crippen LogP contribution in [0.3, 0.4) is 0 Å². The van der Waals surface area contributed by atoms with E-state index in [2.05, 4.69) is 9.97 Å². The lowest BCUT2D eigenvalue weighted by Crippen LogP contribution is -2.45. The second kappa shape index (κ2) is 7.62. The van der Waals surface area contributed by atoms with Gasteiger partial charge in [0.15, 0.2) is 0 Å². The van der Waals surface area contributed by atoms with Crippen molar-refractivity contribution in [3.63, 3.8) is 0 Å². The van der Waals surface area contributed by atoms with E-state index < -0.39 is 11.2 Å². The number of carbonyl (C=O) groups is 1. The van der Waals surface area contributed by atoms with E-state index in [1.165, 1.54) is 22.9 Å². The van der Waals surface area contributed by atoms with Crippen molar-refractivity contribution in [3.05, 3.63) is 82.4 Å². The molecule has 8 heteroatoms. The molecule has 1 fully saturated rings. The first-order chi connectivity index (χ1) is 14.0. The molecule has 3 heterocycles. The summed E-state index contributed by atoms with van der Waals surface area (Å²) < 4.78 is 20.7. The molecule has 1 saturated heterocycles. The molecule has 0 unspecified atom stereocenters. The number of hydrogen-bond acceptors (Lipinski definition) is 5. The molecular formula is C21H21FN4O3. The molecule has 4 rings (SSSR count). The first kappa shape index (κ1) is 19.0. The van der Waals surface area contributed by atoms with Crippen molar-refractivity contribution in [2.75, 3.05) is 6.54 Å². The summed E-state index contributed by atoms with van der Waals surface area (Å²) in [4.78, 5) is 34.5. The molecule has 2 aromatic heterocycles. The summed E-state index contributed by atoms with van der Waals surface area (Å²) in [6.07, 6.45) is 6.50. The van der Waals surface area contributed by atoms with Gasteiger partial charge in [-0.2, -0.15) is 0 Å². The quantitative estimate of drug-likeness (QED) is 0.662. The molecule has 0 radical (unpaired) electrons. The zero-order valence-corrected chi connectivity index (χ0v) is 16.0. The van der Waals surface area contributed by atoms with Crippen LogP contribution in [0.15, 0.2) is 58.1 Å². The van der Waals surface area contributed by atoms with Gasteiger partial charge < -0.3 is 9.32 Å². The van der Waals surface area contributed by atoms with E-state index in [4.69, 9.17) is 4.42 Å². The molecule has 1 aromatic carbocycles. The molecule has 3 aromatic rings. The summed E-state index contributed by atoms with van der Waals surface area (Å²) in [5, 5.41) is 0. The summed E-state index contributed by atoms with van der Waals surface area (Å²) in [7, 11) is 0. The zero-order valence-electron chi connectivity index (χ0n) is 16.0. The Kier molecular flexibility index (Phi) is 5.00. The van der Waals surface area contributed by atoms with Gasteiger partial charge in [0.2, 0.25) is 11.8 Å². The normalized spacial score (nSPS) is 18.9. The zero-order chi connectivity index (χ0) is 20.4. The van der Waals surface area contributed by atoms with Crippen molar-refractivity contribution in [2.24, 2.45) is 0 Å². The lowest BCUT2D eigenvalue weighted by molar-refractivity contribution is -0.136. The van der Waals surface area contributed by atoms with E-state index in [1.54, 1.807) is 29.4 Å². The van der Waals surface area contributed by atoms with Crippen molar-refractivity contribution in [2.45, 2.75) is 38.3 Å². The predicted octanol–water partition coefficient (Wildman–Crippen LogP) is 2.50. The summed E-state index contributed by atoms with van der Waals surface area (Å²) in [5.74, 6) is 0.570. The van der Waals surface area contributed by atoms with Gasteiger partial charge in [0.05, 0.1) is 6.20 Å². The number of halogens is 1. The lowest BCUT2D eigenvalue weighted by Gasteiger charge is -2.32. The van der Waals surface area contributed by atoms with Gasteiger partial charge in [0.25, 0.3) is 0 Å². The number of rotatable bonds is 5. The Morgan fingerprint density at radius 1 is 1.31 bits per heavy atom. The second-order valence-electron chi connectivity index (χ2n) is 7.39. The van der Waals surface area contributed by atoms with Crippen LogP contribution in [0, 0.1) is 5.82 Å². The van der Waals surface area contributed by atoms with Crippen LogP contribution in [0.5, 0.6) is 0 Å². The van der Waals surface area contributed by atoms with E-state index in [0.29, 0.717) is 31.0 Å². The molecule has 150 valence electrons. The van der Waals surface area contributed by atoms with Gasteiger partial charge in [-0.15, -0.1) is 0 Å². The summed E-state index contributed by atoms with van der Waals surface area (Å²) >= 11 is 0. The van der Waals surface area contributed by atoms with Crippen LogP contribution in [0.4, 0.5) is 4.39 Å². The number of hydrogen-bond donors (Lipinski definition) is 0. The van der Waals surface area contributed by atoms with E-state index in [9.17, 15) is 14.0 Å². The first-order valence-electron chi connectivity index (χ1n) is 9.47. The van der Waals surface area contributed by atoms with Crippen LogP contribution >= 0.6 is 0 Å². The fourth-order valence-corrected chi connectivity index (χ4v) is 3.81. The van der Waals surface area contributed by atoms with Gasteiger partial charge in [-0.05, 0) is 43.5 Å². The highest BCUT2D eigenvalue weighted by Gasteiger charge is 2.44. The monoisotopic (exact) mass is 396 g/mol. The fourth-order valence-electron chi connectivity index (χ4n) is 3.81. The number of oxazole rings is 1. The van der Waals surface area contributed by atoms with Gasteiger partial charge >= 0.3 is 5.69 Å². The SMILES string of the molecule is C[C@]1(c2ncc(Cc3cccc(F)c3)o2)CCCN1C(=O)Cn1cccnc1=O. The van der Waals surface area contributed by atoms with Gasteiger partial charge in [0.1, 0.15) is 23.7 Å². The van der Waals surface area contributed by atoms with Crippen LogP contribution in [0.25, 0.3) is 0 Å². The van der Waals surface area contributed by atoms with Crippen LogP contribution < -0.4 is 5.69 Å². The summed E-state index contributed by atoms with van der Waals surface area (Å²) in [5.41, 5.74) is -0.369. The number of likely N-dealkylation sites (tertiary alicyclic amines) is 1. The van der Waals surface area contributed by atoms with Crippen molar-refractivity contribution >= 4 is 5.91 Å². The Hall–Kier alpha value is -3.29. The smallest absolute Gasteiger partial charge is 0.347 e. The maximum atomic E-state index is 13.4. The highest BCUT2D eigenvalue weighted by atomic mass is 19.1. The number of nitrogens with zero attached hydrogens (tertiary/aromatic N) is 4. The minimum absolute atomic E-state index is 0.0842. The molecule has 1 aliphatic heterocycles. The van der Waals surface area contributed by atoms with E-state index in [-0.39, 0.29) is 18.3 Å². The largest absolute Gasteiger partial charge is 0.443 e. The van der Waals surface area contributed by atoms with Crippen molar-refractivity contribution in [1.82, 2.24) is 19.4 Å². The summed E-state index contributed by atoms with van der Waals surface area (Å²) in [6, 6.07) is 7.95. The Morgan fingerprint density at radius 3 is 2.97 bits per heavy atom. The Morgan fingerprint density at radius 2 is 2.17 bits per heavy atom. The lowest BCUT2D eigenvalue weighted by atomic mass is 9.99. The molecule has 1 aliphatic rings. The topological polar surface area (TPSA) is 81.2 Å². The van der Waals surface area contributed by atoms with Crippen molar-refractivity contribution < 1.29 is 13.6 Å². The van der Waals surface area contributed by atoms with E-state index in [1.807, 2.05) is 13.0 Å². The van der Waals surface area contributed by atoms with Gasteiger partial charge in [-0.3, -0.25) is 9.36 Å². The molecule has 1 atom stereocenters. The van der Waals surface area contributed by atoms with Gasteiger partial charge in [0, 0.05) is 25.4 Å². The minimum Gasteiger partial charge on any atom is -0.443 e. The fraction of sp³-hybridized carbons (Fsp3) is 0.333. The molecule has 7 nitrogen and oxygen atoms in total. The molecule has 0 aliphatic carbocycles. The number of aromatic nitrogens is 3. The molecule has 0 bridgehead atoms. The Bertz CT molecular complexity index is 1090. The third-order valence-corrected chi connectivity index (χ3v) is 5.31. The number of carbonyl (C=O) groups excluding carboxylic acids is 1. The Balaban J connectivity index is 1.54. The molecule has 0 N–H and O–H groups in total. The van der Waals surface area contributed by atoms with E-state index in [0.717, 1.165) is 12.0 Å². The maximum absolute atomic E-state index is 13.4. The van der Waals surface area contributed by atoms with Crippen LogP contribution in [0.2, 0.25) is 0 Å². The molecule has 1 amide bonds. The highest BCUT2D eigenvalue weighted by molar-refractivity contribution is 5.77. The standard InChI is InChI=1S/C21H21FN4O3/c1-21(19-24-13-17(29-19)12-15-5-2-6-16(22)11-15)7-3-10-26(21)18(27)14-25-9-4-8-23-20(25)28/h2,4-6,8-9,11,13H,3,7,10,12,14H2,1H3/t21-/m1/s1. The van der Waals surface area contributed by atoms with E-state index >= 15 is 0 Å². The average Bonchev–Trinajstić information content (AvgIpc) is 3.31. The van der Waals surface area contributed by atoms with Gasteiger partial charge in [-0.25, -0.2) is 19.2 Å².